The second-order valence-corrected chi connectivity index (χ2v) is 4.78. The highest BCUT2D eigenvalue weighted by Crippen LogP contribution is 2.21. The maximum absolute atomic E-state index is 10.4. The lowest BCUT2D eigenvalue weighted by Gasteiger charge is -2.25. The molecule has 0 saturated heterocycles. The van der Waals surface area contributed by atoms with E-state index in [1.165, 1.54) is 5.56 Å². The Bertz CT molecular complexity index is 389. The zero-order valence-corrected chi connectivity index (χ0v) is 11.9. The molecule has 0 bridgehead atoms. The van der Waals surface area contributed by atoms with E-state index in [-0.39, 0.29) is 6.42 Å². The number of hydrogen-bond acceptors (Lipinski definition) is 3. The van der Waals surface area contributed by atoms with Crippen molar-refractivity contribution >= 4 is 5.97 Å². The van der Waals surface area contributed by atoms with Crippen LogP contribution in [-0.2, 0) is 4.79 Å². The summed E-state index contributed by atoms with van der Waals surface area (Å²) in [4.78, 5) is 12.7. The molecule has 0 radical (unpaired) electrons. The van der Waals surface area contributed by atoms with Gasteiger partial charge in [-0.25, -0.2) is 0 Å². The Morgan fingerprint density at radius 1 is 1.32 bits per heavy atom. The topological polar surface area (TPSA) is 49.8 Å². The van der Waals surface area contributed by atoms with Crippen LogP contribution in [0.2, 0.25) is 0 Å². The number of hydrogen-bond donors (Lipinski definition) is 1. The summed E-state index contributed by atoms with van der Waals surface area (Å²) >= 11 is 0. The van der Waals surface area contributed by atoms with E-state index >= 15 is 0 Å². The molecular weight excluding hydrogens is 242 g/mol. The van der Waals surface area contributed by atoms with Crippen molar-refractivity contribution in [1.29, 1.82) is 0 Å². The van der Waals surface area contributed by atoms with E-state index in [1.807, 2.05) is 12.1 Å². The predicted molar refractivity (Wildman–Crippen MR) is 75.5 cm³/mol. The average Bonchev–Trinajstić information content (AvgIpc) is 2.42. The predicted octanol–water partition coefficient (Wildman–Crippen LogP) is 2.94. The molecule has 1 unspecified atom stereocenters. The van der Waals surface area contributed by atoms with Gasteiger partial charge in [-0.15, -0.1) is 0 Å². The molecule has 4 nitrogen and oxygen atoms in total. The van der Waals surface area contributed by atoms with Crippen LogP contribution in [0, 0.1) is 0 Å². The first kappa shape index (κ1) is 15.5. The SMILES string of the molecule is COc1ccc(C(C)N(C)CCCCC(=O)O)cc1. The Kier molecular flexibility index (Phi) is 6.36. The molecule has 1 rings (SSSR count). The van der Waals surface area contributed by atoms with Crippen LogP contribution >= 0.6 is 0 Å². The molecule has 0 aliphatic heterocycles. The summed E-state index contributed by atoms with van der Waals surface area (Å²) in [5.41, 5.74) is 1.24. The van der Waals surface area contributed by atoms with Crippen molar-refractivity contribution in [3.8, 4) is 5.75 Å². The van der Waals surface area contributed by atoms with E-state index in [4.69, 9.17) is 9.84 Å². The quantitative estimate of drug-likeness (QED) is 0.734. The van der Waals surface area contributed by atoms with Crippen LogP contribution < -0.4 is 4.74 Å². The van der Waals surface area contributed by atoms with Gasteiger partial charge in [-0.05, 0) is 51.1 Å². The number of aliphatic carboxylic acids is 1. The molecule has 1 aromatic carbocycles. The van der Waals surface area contributed by atoms with Crippen LogP contribution in [0.5, 0.6) is 5.75 Å². The molecule has 1 atom stereocenters. The summed E-state index contributed by atoms with van der Waals surface area (Å²) in [7, 11) is 3.72. The van der Waals surface area contributed by atoms with Gasteiger partial charge in [0.05, 0.1) is 7.11 Å². The Balaban J connectivity index is 2.42. The highest BCUT2D eigenvalue weighted by atomic mass is 16.5. The first-order valence-electron chi connectivity index (χ1n) is 6.60. The van der Waals surface area contributed by atoms with Crippen LogP contribution in [-0.4, -0.2) is 36.7 Å². The summed E-state index contributed by atoms with van der Waals surface area (Å²) in [6.07, 6.45) is 1.89. The smallest absolute Gasteiger partial charge is 0.303 e. The monoisotopic (exact) mass is 265 g/mol. The van der Waals surface area contributed by atoms with Crippen molar-refractivity contribution in [2.75, 3.05) is 20.7 Å². The van der Waals surface area contributed by atoms with Crippen molar-refractivity contribution in [3.63, 3.8) is 0 Å². The highest BCUT2D eigenvalue weighted by molar-refractivity contribution is 5.66. The number of unbranched alkanes of at least 4 members (excludes halogenated alkanes) is 1. The molecule has 0 saturated carbocycles. The molecule has 4 heteroatoms. The lowest BCUT2D eigenvalue weighted by atomic mass is 10.1. The van der Waals surface area contributed by atoms with Crippen LogP contribution in [0.1, 0.15) is 37.8 Å². The van der Waals surface area contributed by atoms with Gasteiger partial charge < -0.3 is 9.84 Å². The standard InChI is InChI=1S/C15H23NO3/c1-12(13-7-9-14(19-3)10-8-13)16(2)11-5-4-6-15(17)18/h7-10,12H,4-6,11H2,1-3H3,(H,17,18). The van der Waals surface area contributed by atoms with E-state index < -0.39 is 5.97 Å². The largest absolute Gasteiger partial charge is 0.497 e. The Hall–Kier alpha value is -1.55. The Morgan fingerprint density at radius 3 is 2.47 bits per heavy atom. The fourth-order valence-electron chi connectivity index (χ4n) is 1.97. The van der Waals surface area contributed by atoms with E-state index in [1.54, 1.807) is 7.11 Å². The molecule has 0 heterocycles. The fraction of sp³-hybridized carbons (Fsp3) is 0.533. The van der Waals surface area contributed by atoms with Crippen molar-refractivity contribution in [1.82, 2.24) is 4.90 Å². The van der Waals surface area contributed by atoms with E-state index in [2.05, 4.69) is 31.0 Å². The number of nitrogens with zero attached hydrogens (tertiary/aromatic N) is 1. The molecule has 1 aromatic rings. The minimum Gasteiger partial charge on any atom is -0.497 e. The molecule has 1 N–H and O–H groups in total. The number of carbonyl (C=O) groups is 1. The van der Waals surface area contributed by atoms with Crippen LogP contribution in [0.3, 0.4) is 0 Å². The minimum atomic E-state index is -0.717. The summed E-state index contributed by atoms with van der Waals surface area (Å²) in [6.45, 7) is 3.06. The number of carboxylic acids is 1. The van der Waals surface area contributed by atoms with Crippen LogP contribution in [0.4, 0.5) is 0 Å². The molecule has 0 aromatic heterocycles. The Labute approximate surface area is 115 Å². The van der Waals surface area contributed by atoms with Gasteiger partial charge in [0.2, 0.25) is 0 Å². The van der Waals surface area contributed by atoms with Gasteiger partial charge in [0.25, 0.3) is 0 Å². The van der Waals surface area contributed by atoms with Crippen molar-refractivity contribution in [3.05, 3.63) is 29.8 Å². The molecule has 0 amide bonds. The van der Waals surface area contributed by atoms with Gasteiger partial charge in [-0.3, -0.25) is 9.69 Å². The first-order chi connectivity index (χ1) is 9.04. The molecule has 0 aliphatic carbocycles. The van der Waals surface area contributed by atoms with E-state index in [0.717, 1.165) is 25.1 Å². The van der Waals surface area contributed by atoms with Gasteiger partial charge in [0, 0.05) is 12.5 Å². The Morgan fingerprint density at radius 2 is 1.95 bits per heavy atom. The molecule has 0 fully saturated rings. The van der Waals surface area contributed by atoms with Gasteiger partial charge in [0.1, 0.15) is 5.75 Å². The third-order valence-electron chi connectivity index (χ3n) is 3.41. The minimum absolute atomic E-state index is 0.255. The lowest BCUT2D eigenvalue weighted by molar-refractivity contribution is -0.137. The lowest BCUT2D eigenvalue weighted by Crippen LogP contribution is -2.23. The van der Waals surface area contributed by atoms with Crippen molar-refractivity contribution in [2.45, 2.75) is 32.2 Å². The highest BCUT2D eigenvalue weighted by Gasteiger charge is 2.11. The van der Waals surface area contributed by atoms with Crippen LogP contribution in [0.25, 0.3) is 0 Å². The normalized spacial score (nSPS) is 12.4. The maximum Gasteiger partial charge on any atom is 0.303 e. The number of ether oxygens (including phenoxy) is 1. The van der Waals surface area contributed by atoms with Gasteiger partial charge in [-0.1, -0.05) is 12.1 Å². The summed E-state index contributed by atoms with van der Waals surface area (Å²) in [5.74, 6) is 0.144. The summed E-state index contributed by atoms with van der Waals surface area (Å²) < 4.78 is 5.14. The number of rotatable bonds is 8. The number of carboxylic acid groups (broad SMARTS) is 1. The van der Waals surface area contributed by atoms with Gasteiger partial charge in [-0.2, -0.15) is 0 Å². The second-order valence-electron chi connectivity index (χ2n) is 4.78. The van der Waals surface area contributed by atoms with Crippen molar-refractivity contribution < 1.29 is 14.6 Å². The number of benzene rings is 1. The molecule has 19 heavy (non-hydrogen) atoms. The maximum atomic E-state index is 10.4. The van der Waals surface area contributed by atoms with Crippen LogP contribution in [0.15, 0.2) is 24.3 Å². The zero-order chi connectivity index (χ0) is 14.3. The third-order valence-corrected chi connectivity index (χ3v) is 3.41. The zero-order valence-electron chi connectivity index (χ0n) is 11.9. The summed E-state index contributed by atoms with van der Waals surface area (Å²) in [6, 6.07) is 8.37. The molecule has 106 valence electrons. The first-order valence-corrected chi connectivity index (χ1v) is 6.60. The average molecular weight is 265 g/mol. The second kappa shape index (κ2) is 7.79. The van der Waals surface area contributed by atoms with E-state index in [9.17, 15) is 4.79 Å². The summed E-state index contributed by atoms with van der Waals surface area (Å²) in [5, 5.41) is 8.59. The molecule has 0 spiro atoms. The van der Waals surface area contributed by atoms with Gasteiger partial charge in [0.15, 0.2) is 0 Å². The van der Waals surface area contributed by atoms with E-state index in [0.29, 0.717) is 6.04 Å². The van der Waals surface area contributed by atoms with Gasteiger partial charge >= 0.3 is 5.97 Å². The molecule has 0 aliphatic rings. The fourth-order valence-corrected chi connectivity index (χ4v) is 1.97. The van der Waals surface area contributed by atoms with Crippen molar-refractivity contribution in [2.24, 2.45) is 0 Å². The third kappa shape index (κ3) is 5.30. The molecular formula is C15H23NO3. The number of methoxy groups -OCH3 is 1.